The van der Waals surface area contributed by atoms with Crippen molar-refractivity contribution in [2.45, 2.75) is 6.54 Å². The predicted molar refractivity (Wildman–Crippen MR) is 69.0 cm³/mol. The van der Waals surface area contributed by atoms with Crippen LogP contribution in [-0.2, 0) is 11.3 Å². The monoisotopic (exact) mass is 293 g/mol. The van der Waals surface area contributed by atoms with Gasteiger partial charge in [-0.1, -0.05) is 30.3 Å². The molecule has 0 radical (unpaired) electrons. The zero-order valence-electron chi connectivity index (χ0n) is 9.39. The summed E-state index contributed by atoms with van der Waals surface area (Å²) < 4.78 is 7.38. The molecule has 2 rings (SSSR count). The van der Waals surface area contributed by atoms with E-state index in [0.29, 0.717) is 12.2 Å². The molecule has 2 aromatic rings. The number of carbonyl (C=O) groups excluding carboxylic acids is 1. The molecule has 0 saturated carbocycles. The number of rotatable bonds is 3. The van der Waals surface area contributed by atoms with Crippen molar-refractivity contribution in [1.82, 2.24) is 4.57 Å². The first-order valence-corrected chi connectivity index (χ1v) is 5.98. The van der Waals surface area contributed by atoms with Crippen LogP contribution in [0.15, 0.2) is 47.1 Å². The average molecular weight is 294 g/mol. The van der Waals surface area contributed by atoms with Crippen molar-refractivity contribution in [1.29, 1.82) is 0 Å². The normalized spacial score (nSPS) is 10.2. The maximum Gasteiger partial charge on any atom is 0.355 e. The Kier molecular flexibility index (Phi) is 3.64. The molecule has 1 heterocycles. The second-order valence-corrected chi connectivity index (χ2v) is 4.47. The van der Waals surface area contributed by atoms with Gasteiger partial charge in [0.15, 0.2) is 0 Å². The predicted octanol–water partition coefficient (Wildman–Crippen LogP) is 3.09. The maximum absolute atomic E-state index is 11.6. The van der Waals surface area contributed by atoms with Gasteiger partial charge < -0.3 is 9.30 Å². The zero-order chi connectivity index (χ0) is 12.3. The van der Waals surface area contributed by atoms with Gasteiger partial charge in [0.25, 0.3) is 0 Å². The number of methoxy groups -OCH3 is 1. The van der Waals surface area contributed by atoms with Crippen molar-refractivity contribution in [3.8, 4) is 0 Å². The number of aromatic nitrogens is 1. The van der Waals surface area contributed by atoms with Crippen LogP contribution in [0.3, 0.4) is 0 Å². The van der Waals surface area contributed by atoms with Crippen molar-refractivity contribution in [3.05, 3.63) is 58.3 Å². The Bertz CT molecular complexity index is 519. The fraction of sp³-hybridized carbons (Fsp3) is 0.154. The number of esters is 1. The van der Waals surface area contributed by atoms with E-state index in [4.69, 9.17) is 4.74 Å². The Labute approximate surface area is 108 Å². The largest absolute Gasteiger partial charge is 0.464 e. The van der Waals surface area contributed by atoms with E-state index < -0.39 is 0 Å². The Hall–Kier alpha value is -1.55. The number of halogens is 1. The SMILES string of the molecule is COC(=O)c1c(Br)ccn1Cc1ccccc1. The fourth-order valence-electron chi connectivity index (χ4n) is 1.67. The summed E-state index contributed by atoms with van der Waals surface area (Å²) in [5, 5.41) is 0. The minimum absolute atomic E-state index is 0.335. The van der Waals surface area contributed by atoms with Crippen molar-refractivity contribution < 1.29 is 9.53 Å². The Morgan fingerprint density at radius 3 is 2.65 bits per heavy atom. The lowest BCUT2D eigenvalue weighted by molar-refractivity contribution is 0.0588. The molecule has 0 N–H and O–H groups in total. The highest BCUT2D eigenvalue weighted by molar-refractivity contribution is 9.10. The summed E-state index contributed by atoms with van der Waals surface area (Å²) in [6.07, 6.45) is 1.86. The molecule has 3 nitrogen and oxygen atoms in total. The minimum atomic E-state index is -0.335. The van der Waals surface area contributed by atoms with E-state index in [9.17, 15) is 4.79 Å². The molecular formula is C13H12BrNO2. The zero-order valence-corrected chi connectivity index (χ0v) is 11.0. The first-order valence-electron chi connectivity index (χ1n) is 5.19. The molecule has 4 heteroatoms. The topological polar surface area (TPSA) is 31.2 Å². The molecule has 0 aliphatic rings. The van der Waals surface area contributed by atoms with Gasteiger partial charge >= 0.3 is 5.97 Å². The van der Waals surface area contributed by atoms with Crippen LogP contribution in [0.1, 0.15) is 16.1 Å². The number of hydrogen-bond acceptors (Lipinski definition) is 2. The molecule has 1 aromatic carbocycles. The summed E-state index contributed by atoms with van der Waals surface area (Å²) in [5.41, 5.74) is 1.68. The molecule has 88 valence electrons. The van der Waals surface area contributed by atoms with Crippen LogP contribution in [0.2, 0.25) is 0 Å². The standard InChI is InChI=1S/C13H12BrNO2/c1-17-13(16)12-11(14)7-8-15(12)9-10-5-3-2-4-6-10/h2-8H,9H2,1H3. The fourth-order valence-corrected chi connectivity index (χ4v) is 2.18. The summed E-state index contributed by atoms with van der Waals surface area (Å²) in [6.45, 7) is 0.650. The van der Waals surface area contributed by atoms with E-state index in [1.54, 1.807) is 0 Å². The highest BCUT2D eigenvalue weighted by atomic mass is 79.9. The van der Waals surface area contributed by atoms with Crippen molar-refractivity contribution in [2.24, 2.45) is 0 Å². The van der Waals surface area contributed by atoms with Gasteiger partial charge in [-0.15, -0.1) is 0 Å². The molecule has 0 spiro atoms. The van der Waals surface area contributed by atoms with Crippen LogP contribution >= 0.6 is 15.9 Å². The molecule has 0 saturated heterocycles. The van der Waals surface area contributed by atoms with Gasteiger partial charge in [0, 0.05) is 12.7 Å². The minimum Gasteiger partial charge on any atom is -0.464 e. The molecule has 0 aliphatic heterocycles. The summed E-state index contributed by atoms with van der Waals surface area (Å²) >= 11 is 3.35. The number of hydrogen-bond donors (Lipinski definition) is 0. The lowest BCUT2D eigenvalue weighted by Gasteiger charge is -2.08. The Morgan fingerprint density at radius 2 is 2.00 bits per heavy atom. The van der Waals surface area contributed by atoms with Crippen molar-refractivity contribution >= 4 is 21.9 Å². The van der Waals surface area contributed by atoms with E-state index in [2.05, 4.69) is 15.9 Å². The lowest BCUT2D eigenvalue weighted by Crippen LogP contribution is -2.11. The van der Waals surface area contributed by atoms with E-state index in [-0.39, 0.29) is 5.97 Å². The summed E-state index contributed by atoms with van der Waals surface area (Å²) in [7, 11) is 1.38. The molecule has 0 atom stereocenters. The number of carbonyl (C=O) groups is 1. The molecule has 0 aliphatic carbocycles. The van der Waals surface area contributed by atoms with E-state index >= 15 is 0 Å². The van der Waals surface area contributed by atoms with Crippen LogP contribution in [0.5, 0.6) is 0 Å². The van der Waals surface area contributed by atoms with Crippen LogP contribution < -0.4 is 0 Å². The van der Waals surface area contributed by atoms with E-state index in [1.165, 1.54) is 7.11 Å². The van der Waals surface area contributed by atoms with Crippen LogP contribution in [0, 0.1) is 0 Å². The summed E-state index contributed by atoms with van der Waals surface area (Å²) in [5.74, 6) is -0.335. The number of ether oxygens (including phenoxy) is 1. The van der Waals surface area contributed by atoms with E-state index in [1.807, 2.05) is 47.2 Å². The maximum atomic E-state index is 11.6. The van der Waals surface area contributed by atoms with Gasteiger partial charge in [0.05, 0.1) is 11.6 Å². The lowest BCUT2D eigenvalue weighted by atomic mass is 10.2. The quantitative estimate of drug-likeness (QED) is 0.815. The number of nitrogens with zero attached hydrogens (tertiary/aromatic N) is 1. The van der Waals surface area contributed by atoms with Gasteiger partial charge in [-0.2, -0.15) is 0 Å². The number of benzene rings is 1. The molecule has 0 bridgehead atoms. The third kappa shape index (κ3) is 2.58. The highest BCUT2D eigenvalue weighted by Gasteiger charge is 2.15. The van der Waals surface area contributed by atoms with Gasteiger partial charge in [0.1, 0.15) is 5.69 Å². The first kappa shape index (κ1) is 11.9. The van der Waals surface area contributed by atoms with Gasteiger partial charge in [-0.3, -0.25) is 0 Å². The molecule has 17 heavy (non-hydrogen) atoms. The molecule has 0 amide bonds. The molecule has 0 unspecified atom stereocenters. The van der Waals surface area contributed by atoms with Gasteiger partial charge in [0.2, 0.25) is 0 Å². The third-order valence-corrected chi connectivity index (χ3v) is 3.13. The molecular weight excluding hydrogens is 282 g/mol. The Morgan fingerprint density at radius 1 is 1.29 bits per heavy atom. The Balaban J connectivity index is 2.31. The third-order valence-electron chi connectivity index (χ3n) is 2.49. The van der Waals surface area contributed by atoms with Gasteiger partial charge in [-0.05, 0) is 27.6 Å². The first-order chi connectivity index (χ1) is 8.22. The second-order valence-electron chi connectivity index (χ2n) is 3.62. The van der Waals surface area contributed by atoms with Crippen LogP contribution in [0.25, 0.3) is 0 Å². The molecule has 1 aromatic heterocycles. The van der Waals surface area contributed by atoms with Crippen LogP contribution in [0.4, 0.5) is 0 Å². The van der Waals surface area contributed by atoms with E-state index in [0.717, 1.165) is 10.0 Å². The smallest absolute Gasteiger partial charge is 0.355 e. The molecule has 0 fully saturated rings. The van der Waals surface area contributed by atoms with Gasteiger partial charge in [-0.25, -0.2) is 4.79 Å². The second kappa shape index (κ2) is 5.19. The van der Waals surface area contributed by atoms with Crippen molar-refractivity contribution in [3.63, 3.8) is 0 Å². The summed E-state index contributed by atoms with van der Waals surface area (Å²) in [6, 6.07) is 11.8. The van der Waals surface area contributed by atoms with Crippen molar-refractivity contribution in [2.75, 3.05) is 7.11 Å². The summed E-state index contributed by atoms with van der Waals surface area (Å²) in [4.78, 5) is 11.6. The van der Waals surface area contributed by atoms with Crippen LogP contribution in [-0.4, -0.2) is 17.6 Å². The average Bonchev–Trinajstić information content (AvgIpc) is 2.71. The highest BCUT2D eigenvalue weighted by Crippen LogP contribution is 2.20.